The minimum Gasteiger partial charge on any atom is -0.472 e. The van der Waals surface area contributed by atoms with Crippen molar-refractivity contribution in [3.05, 3.63) is 54.0 Å². The summed E-state index contributed by atoms with van der Waals surface area (Å²) < 4.78 is 17.8. The monoisotopic (exact) mass is 191 g/mol. The minimum atomic E-state index is -0.626. The Labute approximate surface area is 79.2 Å². The van der Waals surface area contributed by atoms with Gasteiger partial charge in [-0.1, -0.05) is 0 Å². The van der Waals surface area contributed by atoms with Crippen LogP contribution in [-0.4, -0.2) is 10.8 Å². The van der Waals surface area contributed by atoms with Crippen LogP contribution in [0.1, 0.15) is 16.1 Å². The lowest BCUT2D eigenvalue weighted by Gasteiger charge is -1.97. The number of carbonyl (C=O) groups is 1. The van der Waals surface area contributed by atoms with Crippen molar-refractivity contribution in [3.63, 3.8) is 0 Å². The lowest BCUT2D eigenvalue weighted by Crippen LogP contribution is -2.05. The molecule has 4 heteroatoms. The second-order valence-corrected chi connectivity index (χ2v) is 2.67. The number of pyridine rings is 1. The molecule has 2 heterocycles. The smallest absolute Gasteiger partial charge is 0.217 e. The van der Waals surface area contributed by atoms with Gasteiger partial charge in [0.05, 0.1) is 11.8 Å². The van der Waals surface area contributed by atoms with Gasteiger partial charge in [-0.2, -0.15) is 0 Å². The normalized spacial score (nSPS) is 10.1. The van der Waals surface area contributed by atoms with E-state index in [0.29, 0.717) is 5.56 Å². The summed E-state index contributed by atoms with van der Waals surface area (Å²) in [5.74, 6) is -1.10. The van der Waals surface area contributed by atoms with E-state index < -0.39 is 11.6 Å². The molecular weight excluding hydrogens is 185 g/mol. The predicted molar refractivity (Wildman–Crippen MR) is 46.3 cm³/mol. The summed E-state index contributed by atoms with van der Waals surface area (Å²) in [7, 11) is 0. The molecule has 0 aliphatic heterocycles. The molecule has 14 heavy (non-hydrogen) atoms. The van der Waals surface area contributed by atoms with E-state index >= 15 is 0 Å². The van der Waals surface area contributed by atoms with Crippen LogP contribution in [0, 0.1) is 5.82 Å². The van der Waals surface area contributed by atoms with Crippen LogP contribution in [0.15, 0.2) is 41.3 Å². The lowest BCUT2D eigenvalue weighted by atomic mass is 10.1. The van der Waals surface area contributed by atoms with Gasteiger partial charge < -0.3 is 4.42 Å². The predicted octanol–water partition coefficient (Wildman–Crippen LogP) is 2.04. The molecule has 2 rings (SSSR count). The highest BCUT2D eigenvalue weighted by Crippen LogP contribution is 2.10. The first-order valence-corrected chi connectivity index (χ1v) is 3.96. The van der Waals surface area contributed by atoms with Crippen molar-refractivity contribution in [1.29, 1.82) is 0 Å². The number of nitrogens with zero attached hydrogens (tertiary/aromatic N) is 1. The molecule has 0 radical (unpaired) electrons. The third-order valence-corrected chi connectivity index (χ3v) is 1.76. The zero-order valence-corrected chi connectivity index (χ0v) is 7.11. The van der Waals surface area contributed by atoms with E-state index in [0.717, 1.165) is 0 Å². The largest absolute Gasteiger partial charge is 0.472 e. The van der Waals surface area contributed by atoms with Crippen LogP contribution in [0.4, 0.5) is 4.39 Å². The summed E-state index contributed by atoms with van der Waals surface area (Å²) >= 11 is 0. The number of hydrogen-bond acceptors (Lipinski definition) is 3. The molecule has 0 unspecified atom stereocenters. The molecule has 0 N–H and O–H groups in total. The van der Waals surface area contributed by atoms with Gasteiger partial charge in [-0.3, -0.25) is 4.79 Å². The Hall–Kier alpha value is -1.97. The van der Waals surface area contributed by atoms with Gasteiger partial charge in [-0.15, -0.1) is 0 Å². The number of aromatic nitrogens is 1. The van der Waals surface area contributed by atoms with Gasteiger partial charge in [0.15, 0.2) is 5.82 Å². The topological polar surface area (TPSA) is 43.1 Å². The summed E-state index contributed by atoms with van der Waals surface area (Å²) in [5.41, 5.74) is 0.108. The molecule has 0 aliphatic rings. The second-order valence-electron chi connectivity index (χ2n) is 2.67. The van der Waals surface area contributed by atoms with Crippen molar-refractivity contribution in [3.8, 4) is 0 Å². The van der Waals surface area contributed by atoms with E-state index in [1.54, 1.807) is 0 Å². The van der Waals surface area contributed by atoms with E-state index in [2.05, 4.69) is 4.98 Å². The lowest BCUT2D eigenvalue weighted by molar-refractivity contribution is 0.102. The van der Waals surface area contributed by atoms with Crippen molar-refractivity contribution in [2.24, 2.45) is 0 Å². The van der Waals surface area contributed by atoms with Crippen molar-refractivity contribution >= 4 is 5.78 Å². The summed E-state index contributed by atoms with van der Waals surface area (Å²) in [4.78, 5) is 15.2. The number of halogens is 1. The van der Waals surface area contributed by atoms with Gasteiger partial charge in [0.1, 0.15) is 12.0 Å². The Morgan fingerprint density at radius 2 is 2.29 bits per heavy atom. The summed E-state index contributed by atoms with van der Waals surface area (Å²) in [6.45, 7) is 0. The molecule has 0 aromatic carbocycles. The van der Waals surface area contributed by atoms with Crippen molar-refractivity contribution < 1.29 is 13.6 Å². The standard InChI is InChI=1S/C10H6FNO2/c11-8-2-1-4-12-9(8)10(13)7-3-5-14-6-7/h1-6H. The third kappa shape index (κ3) is 1.42. The molecule has 2 aromatic heterocycles. The van der Waals surface area contributed by atoms with Crippen molar-refractivity contribution in [2.75, 3.05) is 0 Å². The molecule has 0 amide bonds. The van der Waals surface area contributed by atoms with Crippen LogP contribution in [-0.2, 0) is 0 Å². The van der Waals surface area contributed by atoms with Crippen LogP contribution >= 0.6 is 0 Å². The maximum atomic E-state index is 13.1. The fraction of sp³-hybridized carbons (Fsp3) is 0. The fourth-order valence-corrected chi connectivity index (χ4v) is 1.08. The number of rotatable bonds is 2. The highest BCUT2D eigenvalue weighted by atomic mass is 19.1. The number of furan rings is 1. The third-order valence-electron chi connectivity index (χ3n) is 1.76. The van der Waals surface area contributed by atoms with Gasteiger partial charge in [0, 0.05) is 6.20 Å². The molecule has 0 atom stereocenters. The minimum absolute atomic E-state index is 0.186. The number of ketones is 1. The molecule has 70 valence electrons. The van der Waals surface area contributed by atoms with Crippen molar-refractivity contribution in [2.45, 2.75) is 0 Å². The molecular formula is C10H6FNO2. The Bertz CT molecular complexity index is 451. The number of carbonyl (C=O) groups excluding carboxylic acids is 1. The average Bonchev–Trinajstić information content (AvgIpc) is 2.70. The Morgan fingerprint density at radius 1 is 1.43 bits per heavy atom. The maximum Gasteiger partial charge on any atom is 0.217 e. The molecule has 0 aliphatic carbocycles. The SMILES string of the molecule is O=C(c1ccoc1)c1ncccc1F. The Morgan fingerprint density at radius 3 is 2.93 bits per heavy atom. The quantitative estimate of drug-likeness (QED) is 0.682. The van der Waals surface area contributed by atoms with Crippen LogP contribution < -0.4 is 0 Å². The van der Waals surface area contributed by atoms with Gasteiger partial charge in [0.25, 0.3) is 0 Å². The van der Waals surface area contributed by atoms with E-state index in [1.807, 2.05) is 0 Å². The van der Waals surface area contributed by atoms with Crippen molar-refractivity contribution in [1.82, 2.24) is 4.98 Å². The van der Waals surface area contributed by atoms with Gasteiger partial charge >= 0.3 is 0 Å². The van der Waals surface area contributed by atoms with Crippen LogP contribution in [0.25, 0.3) is 0 Å². The highest BCUT2D eigenvalue weighted by Gasteiger charge is 2.15. The maximum absolute atomic E-state index is 13.1. The molecule has 3 nitrogen and oxygen atoms in total. The first-order valence-electron chi connectivity index (χ1n) is 3.96. The van der Waals surface area contributed by atoms with Gasteiger partial charge in [0.2, 0.25) is 5.78 Å². The number of hydrogen-bond donors (Lipinski definition) is 0. The summed E-state index contributed by atoms with van der Waals surface area (Å²) in [6.07, 6.45) is 3.99. The zero-order chi connectivity index (χ0) is 9.97. The van der Waals surface area contributed by atoms with E-state index in [9.17, 15) is 9.18 Å². The zero-order valence-electron chi connectivity index (χ0n) is 7.11. The van der Waals surface area contributed by atoms with Gasteiger partial charge in [-0.05, 0) is 18.2 Å². The van der Waals surface area contributed by atoms with Crippen LogP contribution in [0.3, 0.4) is 0 Å². The first kappa shape index (κ1) is 8.62. The fourth-order valence-electron chi connectivity index (χ4n) is 1.08. The van der Waals surface area contributed by atoms with E-state index in [-0.39, 0.29) is 5.69 Å². The summed E-state index contributed by atoms with van der Waals surface area (Å²) in [6, 6.07) is 4.10. The Kier molecular flexibility index (Phi) is 2.10. The molecule has 0 saturated carbocycles. The molecule has 0 spiro atoms. The summed E-state index contributed by atoms with van der Waals surface area (Å²) in [5, 5.41) is 0. The van der Waals surface area contributed by atoms with Crippen LogP contribution in [0.2, 0.25) is 0 Å². The van der Waals surface area contributed by atoms with E-state index in [4.69, 9.17) is 4.42 Å². The first-order chi connectivity index (χ1) is 6.79. The molecule has 2 aromatic rings. The molecule has 0 bridgehead atoms. The average molecular weight is 191 g/mol. The molecule has 0 fully saturated rings. The van der Waals surface area contributed by atoms with Crippen LogP contribution in [0.5, 0.6) is 0 Å². The second kappa shape index (κ2) is 3.41. The highest BCUT2D eigenvalue weighted by molar-refractivity contribution is 6.07. The van der Waals surface area contributed by atoms with Gasteiger partial charge in [-0.25, -0.2) is 9.37 Å². The molecule has 0 saturated heterocycles. The van der Waals surface area contributed by atoms with E-state index in [1.165, 1.54) is 36.9 Å². The Balaban J connectivity index is 2.42.